The number of carbonyl (C=O) groups excluding carboxylic acids is 2. The third-order valence-corrected chi connectivity index (χ3v) is 7.44. The lowest BCUT2D eigenvalue weighted by molar-refractivity contribution is -0.129. The summed E-state index contributed by atoms with van der Waals surface area (Å²) in [6, 6.07) is 19.3. The zero-order valence-electron chi connectivity index (χ0n) is 20.2. The van der Waals surface area contributed by atoms with Crippen molar-refractivity contribution in [3.8, 4) is 11.5 Å². The number of benzene rings is 2. The van der Waals surface area contributed by atoms with Gasteiger partial charge in [0.15, 0.2) is 5.50 Å². The fraction of sp³-hybridized carbons (Fsp3) is 0.333. The molecule has 2 aliphatic heterocycles. The first-order valence-corrected chi connectivity index (χ1v) is 13.3. The minimum Gasteiger partial charge on any atom is -0.441 e. The average Bonchev–Trinajstić information content (AvgIpc) is 3.58. The molecule has 2 aromatic carbocycles. The highest BCUT2D eigenvalue weighted by Gasteiger charge is 2.34. The predicted molar refractivity (Wildman–Crippen MR) is 141 cm³/mol. The third-order valence-electron chi connectivity index (χ3n) is 6.37. The van der Waals surface area contributed by atoms with Gasteiger partial charge in [-0.15, -0.1) is 11.8 Å². The first-order chi connectivity index (χ1) is 17.6. The van der Waals surface area contributed by atoms with Crippen LogP contribution in [0.25, 0.3) is 11.5 Å². The number of nitrogens with one attached hydrogen (secondary N) is 1. The molecule has 8 nitrogen and oxygen atoms in total. The van der Waals surface area contributed by atoms with Crippen LogP contribution in [0.3, 0.4) is 0 Å². The number of hydrazone groups is 1. The molecule has 2 aliphatic rings. The summed E-state index contributed by atoms with van der Waals surface area (Å²) >= 11 is 1.52. The quantitative estimate of drug-likeness (QED) is 0.485. The zero-order valence-corrected chi connectivity index (χ0v) is 21.0. The molecule has 1 fully saturated rings. The van der Waals surface area contributed by atoms with Crippen LogP contribution in [0.15, 0.2) is 70.2 Å². The molecule has 0 bridgehead atoms. The molecule has 1 aromatic heterocycles. The highest BCUT2D eigenvalue weighted by molar-refractivity contribution is 7.99. The summed E-state index contributed by atoms with van der Waals surface area (Å²) in [5.74, 6) is 1.77. The Kier molecular flexibility index (Phi) is 7.36. The van der Waals surface area contributed by atoms with Crippen LogP contribution in [0.1, 0.15) is 37.1 Å². The van der Waals surface area contributed by atoms with Gasteiger partial charge in [-0.05, 0) is 44.0 Å². The predicted octanol–water partition coefficient (Wildman–Crippen LogP) is 4.56. The third kappa shape index (κ3) is 5.31. The minimum absolute atomic E-state index is 0.0847. The van der Waals surface area contributed by atoms with Crippen molar-refractivity contribution in [2.24, 2.45) is 5.10 Å². The molecule has 3 heterocycles. The van der Waals surface area contributed by atoms with Crippen molar-refractivity contribution in [2.45, 2.75) is 43.9 Å². The Morgan fingerprint density at radius 2 is 1.78 bits per heavy atom. The monoisotopic (exact) mass is 503 g/mol. The Labute approximate surface area is 214 Å². The van der Waals surface area contributed by atoms with Crippen LogP contribution < -0.4 is 10.3 Å². The van der Waals surface area contributed by atoms with Crippen LogP contribution in [-0.2, 0) is 15.3 Å². The van der Waals surface area contributed by atoms with Gasteiger partial charge in [0.25, 0.3) is 5.91 Å². The molecule has 1 saturated heterocycles. The number of thioether (sulfide) groups is 1. The number of anilines is 1. The van der Waals surface area contributed by atoms with E-state index < -0.39 is 5.50 Å². The van der Waals surface area contributed by atoms with Crippen molar-refractivity contribution in [3.05, 3.63) is 72.1 Å². The first-order valence-electron chi connectivity index (χ1n) is 12.2. The standard InChI is InChI=1S/C27H29N5O3S/c1-19-23(28-25(35-19)20-10-4-2-5-11-20)18-36-27-30-29-22(14-15-24(33)31-16-8-9-17-31)26(34)32(27)21-12-6-3-7-13-21/h2-7,10-13,27,30H,8-9,14-18H2,1H3. The van der Waals surface area contributed by atoms with Gasteiger partial charge in [0.05, 0.1) is 5.69 Å². The minimum atomic E-state index is -0.422. The highest BCUT2D eigenvalue weighted by atomic mass is 32.2. The van der Waals surface area contributed by atoms with Crippen LogP contribution in [0.5, 0.6) is 0 Å². The van der Waals surface area contributed by atoms with Crippen LogP contribution in [-0.4, -0.2) is 46.0 Å². The second-order valence-corrected chi connectivity index (χ2v) is 9.91. The number of amides is 2. The summed E-state index contributed by atoms with van der Waals surface area (Å²) in [6.45, 7) is 3.51. The Balaban J connectivity index is 1.30. The molecule has 0 saturated carbocycles. The summed E-state index contributed by atoms with van der Waals surface area (Å²) < 4.78 is 5.90. The van der Waals surface area contributed by atoms with Gasteiger partial charge in [-0.2, -0.15) is 5.10 Å². The van der Waals surface area contributed by atoms with Crippen molar-refractivity contribution in [3.63, 3.8) is 0 Å². The molecule has 0 aliphatic carbocycles. The number of hydrogen-bond donors (Lipinski definition) is 1. The van der Waals surface area contributed by atoms with Crippen molar-refractivity contribution >= 4 is 35.0 Å². The SMILES string of the molecule is Cc1oc(-c2ccccc2)nc1CSC1NN=C(CCC(=O)N2CCCC2)C(=O)N1c1ccccc1. The first kappa shape index (κ1) is 24.1. The number of rotatable bonds is 8. The van der Waals surface area contributed by atoms with Crippen LogP contribution in [0.4, 0.5) is 5.69 Å². The topological polar surface area (TPSA) is 91.0 Å². The molecule has 0 spiro atoms. The van der Waals surface area contributed by atoms with Gasteiger partial charge in [0.1, 0.15) is 11.5 Å². The molecule has 36 heavy (non-hydrogen) atoms. The number of carbonyl (C=O) groups is 2. The maximum absolute atomic E-state index is 13.5. The molecule has 2 amide bonds. The zero-order chi connectivity index (χ0) is 24.9. The van der Waals surface area contributed by atoms with Gasteiger partial charge in [-0.25, -0.2) is 4.98 Å². The number of aromatic nitrogens is 1. The summed E-state index contributed by atoms with van der Waals surface area (Å²) in [6.07, 6.45) is 2.69. The molecule has 0 radical (unpaired) electrons. The van der Waals surface area contributed by atoms with Crippen LogP contribution in [0, 0.1) is 6.92 Å². The Bertz CT molecular complexity index is 1240. The average molecular weight is 504 g/mol. The number of likely N-dealkylation sites (tertiary alicyclic amines) is 1. The van der Waals surface area contributed by atoms with Crippen molar-refractivity contribution in [1.29, 1.82) is 0 Å². The normalized spacial score (nSPS) is 17.8. The highest BCUT2D eigenvalue weighted by Crippen LogP contribution is 2.30. The van der Waals surface area contributed by atoms with Gasteiger partial charge in [0.2, 0.25) is 11.8 Å². The van der Waals surface area contributed by atoms with Gasteiger partial charge >= 0.3 is 0 Å². The van der Waals surface area contributed by atoms with Gasteiger partial charge in [-0.1, -0.05) is 36.4 Å². The van der Waals surface area contributed by atoms with Gasteiger partial charge in [0, 0.05) is 42.9 Å². The van der Waals surface area contributed by atoms with Gasteiger partial charge < -0.3 is 9.32 Å². The molecule has 186 valence electrons. The van der Waals surface area contributed by atoms with E-state index in [0.717, 1.165) is 48.6 Å². The van der Waals surface area contributed by atoms with E-state index in [4.69, 9.17) is 4.42 Å². The summed E-state index contributed by atoms with van der Waals surface area (Å²) in [7, 11) is 0. The molecule has 9 heteroatoms. The molecule has 5 rings (SSSR count). The number of hydrogen-bond acceptors (Lipinski definition) is 7. The Hall–Kier alpha value is -3.59. The molecular formula is C27H29N5O3S. The van der Waals surface area contributed by atoms with Crippen LogP contribution in [0.2, 0.25) is 0 Å². The Morgan fingerprint density at radius 3 is 2.50 bits per heavy atom. The maximum atomic E-state index is 13.5. The number of oxazole rings is 1. The van der Waals surface area contributed by atoms with Crippen molar-refractivity contribution in [1.82, 2.24) is 15.3 Å². The molecule has 3 aromatic rings. The lowest BCUT2D eigenvalue weighted by Crippen LogP contribution is -2.53. The summed E-state index contributed by atoms with van der Waals surface area (Å²) in [4.78, 5) is 34.3. The largest absolute Gasteiger partial charge is 0.441 e. The van der Waals surface area contributed by atoms with E-state index in [0.29, 0.717) is 23.8 Å². The van der Waals surface area contributed by atoms with E-state index in [-0.39, 0.29) is 18.2 Å². The second kappa shape index (κ2) is 11.0. The number of nitrogens with zero attached hydrogens (tertiary/aromatic N) is 4. The van der Waals surface area contributed by atoms with Gasteiger partial charge in [-0.3, -0.25) is 19.9 Å². The van der Waals surface area contributed by atoms with E-state index in [1.165, 1.54) is 11.8 Å². The molecule has 1 N–H and O–H groups in total. The van der Waals surface area contributed by atoms with E-state index in [2.05, 4.69) is 15.5 Å². The van der Waals surface area contributed by atoms with E-state index in [1.807, 2.05) is 72.5 Å². The molecular weight excluding hydrogens is 474 g/mol. The smallest absolute Gasteiger partial charge is 0.276 e. The van der Waals surface area contributed by atoms with Crippen molar-refractivity contribution in [2.75, 3.05) is 18.0 Å². The van der Waals surface area contributed by atoms with Crippen LogP contribution >= 0.6 is 11.8 Å². The summed E-state index contributed by atoms with van der Waals surface area (Å²) in [5.41, 5.74) is 5.61. The lowest BCUT2D eigenvalue weighted by atomic mass is 10.1. The fourth-order valence-corrected chi connectivity index (χ4v) is 5.45. The van der Waals surface area contributed by atoms with E-state index in [9.17, 15) is 9.59 Å². The fourth-order valence-electron chi connectivity index (χ4n) is 4.37. The molecule has 1 unspecified atom stereocenters. The second-order valence-electron chi connectivity index (χ2n) is 8.84. The Morgan fingerprint density at radius 1 is 1.08 bits per heavy atom. The lowest BCUT2D eigenvalue weighted by Gasteiger charge is -2.34. The number of aryl methyl sites for hydroxylation is 1. The van der Waals surface area contributed by atoms with E-state index in [1.54, 1.807) is 4.90 Å². The van der Waals surface area contributed by atoms with Crippen molar-refractivity contribution < 1.29 is 14.0 Å². The maximum Gasteiger partial charge on any atom is 0.276 e. The molecule has 1 atom stereocenters. The number of para-hydroxylation sites is 1. The van der Waals surface area contributed by atoms with E-state index >= 15 is 0 Å². The summed E-state index contributed by atoms with van der Waals surface area (Å²) in [5, 5.41) is 4.39.